The lowest BCUT2D eigenvalue weighted by atomic mass is 10.1. The summed E-state index contributed by atoms with van der Waals surface area (Å²) in [6.45, 7) is 1.76. The van der Waals surface area contributed by atoms with Crippen LogP contribution in [0.4, 0.5) is 24.7 Å². The topological polar surface area (TPSA) is 66.9 Å². The second-order valence-electron chi connectivity index (χ2n) is 6.00. The molecule has 28 heavy (non-hydrogen) atoms. The maximum atomic E-state index is 13.8. The molecule has 0 spiro atoms. The van der Waals surface area contributed by atoms with Crippen molar-refractivity contribution < 1.29 is 18.0 Å². The lowest BCUT2D eigenvalue weighted by Gasteiger charge is -2.10. The van der Waals surface area contributed by atoms with Gasteiger partial charge in [-0.1, -0.05) is 24.3 Å². The number of carbonyl (C=O) groups excluding carboxylic acids is 1. The zero-order valence-electron chi connectivity index (χ0n) is 15.0. The van der Waals surface area contributed by atoms with Crippen molar-refractivity contribution in [1.29, 1.82) is 0 Å². The molecule has 0 saturated heterocycles. The molecule has 8 heteroatoms. The summed E-state index contributed by atoms with van der Waals surface area (Å²) < 4.78 is 41.2. The lowest BCUT2D eigenvalue weighted by molar-refractivity contribution is 0.0948. The first kappa shape index (κ1) is 19.3. The van der Waals surface area contributed by atoms with Crippen LogP contribution < -0.4 is 10.6 Å². The molecule has 144 valence electrons. The molecule has 0 aliphatic carbocycles. The molecule has 0 bridgehead atoms. The maximum absolute atomic E-state index is 13.8. The van der Waals surface area contributed by atoms with Crippen molar-refractivity contribution in [3.8, 4) is 0 Å². The van der Waals surface area contributed by atoms with Crippen LogP contribution in [0.25, 0.3) is 0 Å². The fraction of sp³-hybridized carbons (Fsp3) is 0.150. The molecule has 5 nitrogen and oxygen atoms in total. The van der Waals surface area contributed by atoms with Gasteiger partial charge in [-0.3, -0.25) is 4.79 Å². The summed E-state index contributed by atoms with van der Waals surface area (Å²) in [7, 11) is 0. The second kappa shape index (κ2) is 8.51. The van der Waals surface area contributed by atoms with Crippen molar-refractivity contribution in [2.75, 3.05) is 11.9 Å². The molecule has 2 aromatic carbocycles. The van der Waals surface area contributed by atoms with Crippen LogP contribution in [0.2, 0.25) is 0 Å². The normalized spacial score (nSPS) is 10.6. The number of aromatic nitrogens is 2. The molecule has 0 aliphatic rings. The molecule has 1 heterocycles. The van der Waals surface area contributed by atoms with Gasteiger partial charge >= 0.3 is 0 Å². The van der Waals surface area contributed by atoms with Crippen LogP contribution in [0.5, 0.6) is 0 Å². The van der Waals surface area contributed by atoms with Gasteiger partial charge in [0.1, 0.15) is 40.5 Å². The molecule has 3 aromatic rings. The molecule has 0 fully saturated rings. The smallest absolute Gasteiger partial charge is 0.270 e. The molecule has 3 rings (SSSR count). The van der Waals surface area contributed by atoms with E-state index >= 15 is 0 Å². The first-order valence-corrected chi connectivity index (χ1v) is 8.52. The highest BCUT2D eigenvalue weighted by molar-refractivity contribution is 5.93. The number of hydrogen-bond donors (Lipinski definition) is 2. The fourth-order valence-corrected chi connectivity index (χ4v) is 2.60. The van der Waals surface area contributed by atoms with Crippen molar-refractivity contribution in [1.82, 2.24) is 15.3 Å². The molecule has 0 unspecified atom stereocenters. The first-order valence-electron chi connectivity index (χ1n) is 8.52. The maximum Gasteiger partial charge on any atom is 0.270 e. The number of nitrogens with one attached hydrogen (secondary N) is 2. The molecular weight excluding hydrogens is 369 g/mol. The number of anilines is 2. The average Bonchev–Trinajstić information content (AvgIpc) is 2.66. The van der Waals surface area contributed by atoms with Crippen LogP contribution in [0.15, 0.2) is 48.5 Å². The highest BCUT2D eigenvalue weighted by Gasteiger charge is 2.14. The molecule has 0 radical (unpaired) electrons. The van der Waals surface area contributed by atoms with Gasteiger partial charge in [-0.15, -0.1) is 0 Å². The van der Waals surface area contributed by atoms with Gasteiger partial charge in [-0.05, 0) is 37.1 Å². The number of para-hydroxylation sites is 1. The van der Waals surface area contributed by atoms with Crippen LogP contribution >= 0.6 is 0 Å². The van der Waals surface area contributed by atoms with Crippen LogP contribution in [0.3, 0.4) is 0 Å². The van der Waals surface area contributed by atoms with Gasteiger partial charge in [-0.2, -0.15) is 0 Å². The molecule has 0 saturated carbocycles. The minimum Gasteiger partial charge on any atom is -0.350 e. The van der Waals surface area contributed by atoms with Gasteiger partial charge in [-0.25, -0.2) is 23.1 Å². The van der Waals surface area contributed by atoms with E-state index in [1.54, 1.807) is 25.1 Å². The van der Waals surface area contributed by atoms with E-state index in [1.807, 2.05) is 0 Å². The van der Waals surface area contributed by atoms with Gasteiger partial charge in [0.25, 0.3) is 5.91 Å². The Labute approximate surface area is 159 Å². The highest BCUT2D eigenvalue weighted by Crippen LogP contribution is 2.22. The van der Waals surface area contributed by atoms with E-state index in [1.165, 1.54) is 18.2 Å². The zero-order chi connectivity index (χ0) is 20.1. The van der Waals surface area contributed by atoms with Crippen molar-refractivity contribution in [2.45, 2.75) is 13.3 Å². The number of halogens is 3. The van der Waals surface area contributed by atoms with E-state index in [2.05, 4.69) is 20.6 Å². The van der Waals surface area contributed by atoms with Crippen LogP contribution in [-0.4, -0.2) is 22.4 Å². The number of rotatable bonds is 6. The number of aryl methyl sites for hydroxylation is 1. The molecule has 1 amide bonds. The summed E-state index contributed by atoms with van der Waals surface area (Å²) in [5.74, 6) is -2.08. The quantitative estimate of drug-likeness (QED) is 0.674. The van der Waals surface area contributed by atoms with Gasteiger partial charge < -0.3 is 10.6 Å². The number of benzene rings is 2. The Balaban J connectivity index is 1.70. The molecule has 2 N–H and O–H groups in total. The van der Waals surface area contributed by atoms with Crippen LogP contribution in [-0.2, 0) is 6.42 Å². The van der Waals surface area contributed by atoms with E-state index in [4.69, 9.17) is 0 Å². The Morgan fingerprint density at radius 2 is 1.64 bits per heavy atom. The van der Waals surface area contributed by atoms with Crippen molar-refractivity contribution in [2.24, 2.45) is 0 Å². The largest absolute Gasteiger partial charge is 0.350 e. The van der Waals surface area contributed by atoms with Crippen LogP contribution in [0.1, 0.15) is 21.9 Å². The highest BCUT2D eigenvalue weighted by atomic mass is 19.1. The van der Waals surface area contributed by atoms with Gasteiger partial charge in [0.2, 0.25) is 0 Å². The SMILES string of the molecule is Cc1nc(Nc2c(F)cccc2F)cc(C(=O)NCCc2ccccc2F)n1. The summed E-state index contributed by atoms with van der Waals surface area (Å²) in [4.78, 5) is 20.4. The third-order valence-corrected chi connectivity index (χ3v) is 3.92. The minimum absolute atomic E-state index is 0.0280. The molecule has 1 aromatic heterocycles. The summed E-state index contributed by atoms with van der Waals surface area (Å²) >= 11 is 0. The molecule has 0 aliphatic heterocycles. The van der Waals surface area contributed by atoms with Crippen molar-refractivity contribution in [3.05, 3.63) is 83.1 Å². The number of carbonyl (C=O) groups is 1. The third-order valence-electron chi connectivity index (χ3n) is 3.92. The van der Waals surface area contributed by atoms with E-state index in [0.29, 0.717) is 12.0 Å². The van der Waals surface area contributed by atoms with E-state index in [9.17, 15) is 18.0 Å². The van der Waals surface area contributed by atoms with Gasteiger partial charge in [0.15, 0.2) is 0 Å². The minimum atomic E-state index is -0.785. The number of amides is 1. The van der Waals surface area contributed by atoms with Gasteiger partial charge in [0, 0.05) is 12.6 Å². The van der Waals surface area contributed by atoms with Crippen LogP contribution in [0, 0.1) is 24.4 Å². The molecule has 0 atom stereocenters. The Morgan fingerprint density at radius 3 is 2.36 bits per heavy atom. The summed E-state index contributed by atoms with van der Waals surface area (Å²) in [6.07, 6.45) is 0.314. The van der Waals surface area contributed by atoms with E-state index in [0.717, 1.165) is 12.1 Å². The monoisotopic (exact) mass is 386 g/mol. The Kier molecular flexibility index (Phi) is 5.88. The summed E-state index contributed by atoms with van der Waals surface area (Å²) in [5, 5.41) is 5.18. The number of nitrogens with zero attached hydrogens (tertiary/aromatic N) is 2. The summed E-state index contributed by atoms with van der Waals surface area (Å²) in [6, 6.07) is 11.0. The van der Waals surface area contributed by atoms with E-state index < -0.39 is 17.5 Å². The first-order chi connectivity index (χ1) is 13.4. The standard InChI is InChI=1S/C20H17F3N4O/c1-12-25-17(20(28)24-10-9-13-5-2-3-6-14(13)21)11-18(26-12)27-19-15(22)7-4-8-16(19)23/h2-8,11H,9-10H2,1H3,(H,24,28)(H,25,26,27). The Hall–Kier alpha value is -3.42. The zero-order valence-corrected chi connectivity index (χ0v) is 15.0. The summed E-state index contributed by atoms with van der Waals surface area (Å²) in [5.41, 5.74) is 0.144. The van der Waals surface area contributed by atoms with Gasteiger partial charge in [0.05, 0.1) is 0 Å². The van der Waals surface area contributed by atoms with Crippen molar-refractivity contribution in [3.63, 3.8) is 0 Å². The Bertz CT molecular complexity index is 990. The Morgan fingerprint density at radius 1 is 0.964 bits per heavy atom. The second-order valence-corrected chi connectivity index (χ2v) is 6.00. The van der Waals surface area contributed by atoms with Crippen molar-refractivity contribution >= 4 is 17.4 Å². The predicted octanol–water partition coefficient (Wildman–Crippen LogP) is 3.92. The molecular formula is C20H17F3N4O. The third kappa shape index (κ3) is 4.64. The predicted molar refractivity (Wildman–Crippen MR) is 98.8 cm³/mol. The number of hydrogen-bond acceptors (Lipinski definition) is 4. The fourth-order valence-electron chi connectivity index (χ4n) is 2.60. The average molecular weight is 386 g/mol. The van der Waals surface area contributed by atoms with E-state index in [-0.39, 0.29) is 35.4 Å². The lowest BCUT2D eigenvalue weighted by Crippen LogP contribution is -2.27.